The van der Waals surface area contributed by atoms with Crippen LogP contribution in [-0.4, -0.2) is 22.5 Å². The molecule has 7 heteroatoms. The van der Waals surface area contributed by atoms with Crippen LogP contribution in [0.3, 0.4) is 0 Å². The Hall–Kier alpha value is -1.73. The fourth-order valence-corrected chi connectivity index (χ4v) is 3.42. The molecule has 0 fully saturated rings. The Morgan fingerprint density at radius 3 is 2.28 bits per heavy atom. The lowest BCUT2D eigenvalue weighted by molar-refractivity contribution is 1.27. The minimum absolute atomic E-state index is 0.869. The van der Waals surface area contributed by atoms with Gasteiger partial charge >= 0.3 is 0 Å². The molecule has 4 rings (SSSR count). The van der Waals surface area contributed by atoms with Gasteiger partial charge < -0.3 is 0 Å². The maximum Gasteiger partial charge on any atom is 0.131 e. The monoisotopic (exact) mass is 273 g/mol. The predicted octanol–water partition coefficient (Wildman–Crippen LogP) is 2.86. The van der Waals surface area contributed by atoms with E-state index in [4.69, 9.17) is 0 Å². The number of aryl methyl sites for hydroxylation is 2. The molecular formula is C11H7N5S2. The molecule has 0 atom stereocenters. The van der Waals surface area contributed by atoms with Gasteiger partial charge in [-0.3, -0.25) is 0 Å². The number of hydrogen-bond acceptors (Lipinski definition) is 7. The number of pyridine rings is 1. The first kappa shape index (κ1) is 10.2. The third-order valence-corrected chi connectivity index (χ3v) is 4.13. The summed E-state index contributed by atoms with van der Waals surface area (Å²) in [6.07, 6.45) is 0. The van der Waals surface area contributed by atoms with Crippen molar-refractivity contribution in [3.63, 3.8) is 0 Å². The fraction of sp³-hybridized carbons (Fsp3) is 0.182. The first-order valence-corrected chi connectivity index (χ1v) is 6.86. The Morgan fingerprint density at radius 1 is 0.778 bits per heavy atom. The average Bonchev–Trinajstić information content (AvgIpc) is 2.98. The highest BCUT2D eigenvalue weighted by atomic mass is 32.1. The number of aromatic nitrogens is 5. The summed E-state index contributed by atoms with van der Waals surface area (Å²) >= 11 is 2.44. The zero-order valence-electron chi connectivity index (χ0n) is 9.63. The van der Waals surface area contributed by atoms with Crippen LogP contribution in [0.2, 0.25) is 0 Å². The van der Waals surface area contributed by atoms with E-state index in [0.29, 0.717) is 0 Å². The normalized spacial score (nSPS) is 11.9. The lowest BCUT2D eigenvalue weighted by atomic mass is 10.1. The van der Waals surface area contributed by atoms with Crippen molar-refractivity contribution < 1.29 is 0 Å². The average molecular weight is 273 g/mol. The van der Waals surface area contributed by atoms with Crippen LogP contribution in [0.5, 0.6) is 0 Å². The summed E-state index contributed by atoms with van der Waals surface area (Å²) in [7, 11) is 0. The third-order valence-electron chi connectivity index (χ3n) is 3.07. The molecule has 0 saturated carbocycles. The Labute approximate surface area is 110 Å². The zero-order valence-corrected chi connectivity index (χ0v) is 11.3. The van der Waals surface area contributed by atoms with E-state index in [9.17, 15) is 0 Å². The van der Waals surface area contributed by atoms with Crippen LogP contribution in [0.25, 0.3) is 33.0 Å². The minimum atomic E-state index is 0.869. The van der Waals surface area contributed by atoms with E-state index in [-0.39, 0.29) is 0 Å². The van der Waals surface area contributed by atoms with Crippen LogP contribution >= 0.6 is 23.5 Å². The van der Waals surface area contributed by atoms with Gasteiger partial charge in [0.1, 0.15) is 27.6 Å². The van der Waals surface area contributed by atoms with E-state index in [2.05, 4.69) is 28.5 Å². The van der Waals surface area contributed by atoms with Gasteiger partial charge in [-0.25, -0.2) is 4.98 Å². The van der Waals surface area contributed by atoms with Crippen molar-refractivity contribution in [3.8, 4) is 0 Å². The van der Waals surface area contributed by atoms with Crippen molar-refractivity contribution in [1.82, 2.24) is 22.5 Å². The second kappa shape index (κ2) is 3.39. The molecule has 1 aromatic carbocycles. The SMILES string of the molecule is Cc1nc2c(cc(C)c3nsnc32)c2nsnc12. The van der Waals surface area contributed by atoms with E-state index in [1.807, 2.05) is 13.8 Å². The Kier molecular flexibility index (Phi) is 1.93. The predicted molar refractivity (Wildman–Crippen MR) is 73.2 cm³/mol. The summed E-state index contributed by atoms with van der Waals surface area (Å²) < 4.78 is 17.4. The Balaban J connectivity index is 2.40. The van der Waals surface area contributed by atoms with Gasteiger partial charge in [0.05, 0.1) is 29.2 Å². The Bertz CT molecular complexity index is 832. The van der Waals surface area contributed by atoms with Gasteiger partial charge in [0.15, 0.2) is 0 Å². The van der Waals surface area contributed by atoms with E-state index in [0.717, 1.165) is 44.2 Å². The molecule has 0 bridgehead atoms. The number of fused-ring (bicyclic) bond motifs is 5. The standard InChI is InChI=1S/C11H7N5S2/c1-4-3-6-9(11-7(4)13-17-16-11)12-5(2)8-10(6)15-18-14-8/h3H,1-2H3. The van der Waals surface area contributed by atoms with E-state index in [1.165, 1.54) is 23.5 Å². The van der Waals surface area contributed by atoms with Crippen LogP contribution in [0, 0.1) is 13.8 Å². The molecular weight excluding hydrogens is 266 g/mol. The summed E-state index contributed by atoms with van der Waals surface area (Å²) in [6, 6.07) is 2.08. The van der Waals surface area contributed by atoms with Crippen LogP contribution in [0.15, 0.2) is 6.07 Å². The molecule has 0 aliphatic heterocycles. The first-order chi connectivity index (χ1) is 8.75. The van der Waals surface area contributed by atoms with Crippen molar-refractivity contribution in [2.24, 2.45) is 0 Å². The van der Waals surface area contributed by atoms with Crippen molar-refractivity contribution in [1.29, 1.82) is 0 Å². The highest BCUT2D eigenvalue weighted by molar-refractivity contribution is 7.00. The molecule has 0 aliphatic rings. The van der Waals surface area contributed by atoms with Crippen molar-refractivity contribution in [2.75, 3.05) is 0 Å². The van der Waals surface area contributed by atoms with E-state index >= 15 is 0 Å². The molecule has 3 aromatic heterocycles. The largest absolute Gasteiger partial charge is 0.248 e. The van der Waals surface area contributed by atoms with Crippen LogP contribution < -0.4 is 0 Å². The van der Waals surface area contributed by atoms with Gasteiger partial charge in [-0.2, -0.15) is 17.5 Å². The Morgan fingerprint density at radius 2 is 1.44 bits per heavy atom. The second-order valence-electron chi connectivity index (χ2n) is 4.21. The van der Waals surface area contributed by atoms with Crippen molar-refractivity contribution in [3.05, 3.63) is 17.3 Å². The molecule has 0 radical (unpaired) electrons. The molecule has 18 heavy (non-hydrogen) atoms. The molecule has 0 aliphatic carbocycles. The highest BCUT2D eigenvalue weighted by Crippen LogP contribution is 2.31. The van der Waals surface area contributed by atoms with Gasteiger partial charge in [-0.1, -0.05) is 0 Å². The smallest absolute Gasteiger partial charge is 0.131 e. The van der Waals surface area contributed by atoms with Gasteiger partial charge in [0.2, 0.25) is 0 Å². The molecule has 0 saturated heterocycles. The van der Waals surface area contributed by atoms with E-state index < -0.39 is 0 Å². The maximum atomic E-state index is 4.63. The lowest BCUT2D eigenvalue weighted by Gasteiger charge is -2.03. The molecule has 0 unspecified atom stereocenters. The van der Waals surface area contributed by atoms with Gasteiger partial charge in [0, 0.05) is 5.39 Å². The molecule has 0 N–H and O–H groups in total. The summed E-state index contributed by atoms with van der Waals surface area (Å²) in [4.78, 5) is 4.63. The van der Waals surface area contributed by atoms with Crippen LogP contribution in [-0.2, 0) is 0 Å². The summed E-state index contributed by atoms with van der Waals surface area (Å²) in [5.74, 6) is 0. The number of nitrogens with zero attached hydrogens (tertiary/aromatic N) is 5. The third kappa shape index (κ3) is 1.17. The molecule has 0 amide bonds. The van der Waals surface area contributed by atoms with Crippen molar-refractivity contribution in [2.45, 2.75) is 13.8 Å². The fourth-order valence-electron chi connectivity index (χ4n) is 2.20. The van der Waals surface area contributed by atoms with Crippen molar-refractivity contribution >= 4 is 56.4 Å². The number of hydrogen-bond donors (Lipinski definition) is 0. The van der Waals surface area contributed by atoms with Crippen LogP contribution in [0.4, 0.5) is 0 Å². The molecule has 88 valence electrons. The maximum absolute atomic E-state index is 4.63. The lowest BCUT2D eigenvalue weighted by Crippen LogP contribution is -1.90. The highest BCUT2D eigenvalue weighted by Gasteiger charge is 2.15. The minimum Gasteiger partial charge on any atom is -0.248 e. The summed E-state index contributed by atoms with van der Waals surface area (Å²) in [6.45, 7) is 3.99. The van der Waals surface area contributed by atoms with Gasteiger partial charge in [-0.05, 0) is 25.5 Å². The number of benzene rings is 1. The van der Waals surface area contributed by atoms with Crippen LogP contribution in [0.1, 0.15) is 11.3 Å². The molecule has 3 heterocycles. The topological polar surface area (TPSA) is 64.5 Å². The molecule has 0 spiro atoms. The summed E-state index contributed by atoms with van der Waals surface area (Å²) in [5, 5.41) is 1.02. The van der Waals surface area contributed by atoms with Gasteiger partial charge in [0.25, 0.3) is 0 Å². The second-order valence-corrected chi connectivity index (χ2v) is 5.27. The molecule has 5 nitrogen and oxygen atoms in total. The molecule has 4 aromatic rings. The number of rotatable bonds is 0. The quantitative estimate of drug-likeness (QED) is 0.493. The summed E-state index contributed by atoms with van der Waals surface area (Å²) in [5.41, 5.74) is 6.47. The first-order valence-electron chi connectivity index (χ1n) is 5.40. The van der Waals surface area contributed by atoms with E-state index in [1.54, 1.807) is 0 Å². The zero-order chi connectivity index (χ0) is 12.3. The van der Waals surface area contributed by atoms with Gasteiger partial charge in [-0.15, -0.1) is 0 Å².